The van der Waals surface area contributed by atoms with Crippen molar-refractivity contribution >= 4 is 17.4 Å². The number of aryl methyl sites for hydroxylation is 2. The maximum Gasteiger partial charge on any atom is 0.319 e. The van der Waals surface area contributed by atoms with Crippen molar-refractivity contribution in [1.29, 1.82) is 0 Å². The molecule has 0 bridgehead atoms. The molecule has 0 aromatic heterocycles. The van der Waals surface area contributed by atoms with Crippen LogP contribution in [0.2, 0.25) is 0 Å². The van der Waals surface area contributed by atoms with E-state index in [1.807, 2.05) is 12.1 Å². The number of amides is 2. The number of benzene rings is 2. The summed E-state index contributed by atoms with van der Waals surface area (Å²) in [5.41, 5.74) is 10.3. The maximum atomic E-state index is 12.0. The lowest BCUT2D eigenvalue weighted by molar-refractivity contribution is 0.251. The summed E-state index contributed by atoms with van der Waals surface area (Å²) in [4.78, 5) is 12.0. The minimum atomic E-state index is -0.307. The van der Waals surface area contributed by atoms with Crippen LogP contribution in [-0.4, -0.2) is 13.1 Å². The Hall–Kier alpha value is -2.69. The molecule has 0 saturated carbocycles. The molecule has 2 amide bonds. The zero-order chi connectivity index (χ0) is 16.1. The molecule has 0 aliphatic rings. The zero-order valence-electron chi connectivity index (χ0n) is 13.1. The quantitative estimate of drug-likeness (QED) is 0.759. The lowest BCUT2D eigenvalue weighted by Crippen LogP contribution is -2.28. The number of methoxy groups -OCH3 is 1. The molecule has 0 spiro atoms. The smallest absolute Gasteiger partial charge is 0.319 e. The highest BCUT2D eigenvalue weighted by Gasteiger charge is 2.06. The van der Waals surface area contributed by atoms with Crippen LogP contribution in [0.5, 0.6) is 5.75 Å². The highest BCUT2D eigenvalue weighted by Crippen LogP contribution is 2.24. The Bertz CT molecular complexity index is 684. The molecule has 0 atom stereocenters. The van der Waals surface area contributed by atoms with Crippen LogP contribution in [0.25, 0.3) is 0 Å². The summed E-state index contributed by atoms with van der Waals surface area (Å²) in [5, 5.41) is 5.54. The van der Waals surface area contributed by atoms with Crippen LogP contribution in [0.3, 0.4) is 0 Å². The number of hydrogen-bond acceptors (Lipinski definition) is 3. The van der Waals surface area contributed by atoms with Gasteiger partial charge in [0.2, 0.25) is 0 Å². The molecule has 22 heavy (non-hydrogen) atoms. The van der Waals surface area contributed by atoms with Crippen molar-refractivity contribution in [2.75, 3.05) is 18.2 Å². The monoisotopic (exact) mass is 299 g/mol. The number of nitrogen functional groups attached to an aromatic ring is 1. The number of hydrogen-bond donors (Lipinski definition) is 3. The van der Waals surface area contributed by atoms with Gasteiger partial charge < -0.3 is 21.1 Å². The lowest BCUT2D eigenvalue weighted by atomic mass is 10.1. The van der Waals surface area contributed by atoms with Gasteiger partial charge in [-0.2, -0.15) is 0 Å². The highest BCUT2D eigenvalue weighted by atomic mass is 16.5. The first-order valence-electron chi connectivity index (χ1n) is 7.04. The second-order valence-corrected chi connectivity index (χ2v) is 5.18. The van der Waals surface area contributed by atoms with Crippen LogP contribution in [0, 0.1) is 13.8 Å². The molecule has 0 radical (unpaired) electrons. The molecule has 2 aromatic carbocycles. The number of carbonyl (C=O) groups excluding carboxylic acids is 1. The maximum absolute atomic E-state index is 12.0. The van der Waals surface area contributed by atoms with E-state index in [4.69, 9.17) is 10.5 Å². The Morgan fingerprint density at radius 3 is 2.59 bits per heavy atom. The fourth-order valence-corrected chi connectivity index (χ4v) is 2.03. The van der Waals surface area contributed by atoms with E-state index in [9.17, 15) is 4.79 Å². The second-order valence-electron chi connectivity index (χ2n) is 5.18. The van der Waals surface area contributed by atoms with Gasteiger partial charge in [-0.05, 0) is 42.7 Å². The lowest BCUT2D eigenvalue weighted by Gasteiger charge is -2.11. The van der Waals surface area contributed by atoms with Gasteiger partial charge in [-0.25, -0.2) is 4.79 Å². The number of ether oxygens (including phenoxy) is 1. The summed E-state index contributed by atoms with van der Waals surface area (Å²) in [6.07, 6.45) is 0. The van der Waals surface area contributed by atoms with E-state index in [2.05, 4.69) is 30.5 Å². The van der Waals surface area contributed by atoms with Crippen molar-refractivity contribution in [2.24, 2.45) is 0 Å². The predicted octanol–water partition coefficient (Wildman–Crippen LogP) is 3.22. The Balaban J connectivity index is 1.97. The standard InChI is InChI=1S/C17H21N3O2/c1-11-4-5-13(8-12(11)2)10-19-17(21)20-16-9-14(22-3)6-7-15(16)18/h4-9H,10,18H2,1-3H3,(H2,19,20,21). The average Bonchev–Trinajstić information content (AvgIpc) is 2.50. The Morgan fingerprint density at radius 2 is 1.91 bits per heavy atom. The van der Waals surface area contributed by atoms with E-state index < -0.39 is 0 Å². The van der Waals surface area contributed by atoms with E-state index in [0.29, 0.717) is 23.7 Å². The van der Waals surface area contributed by atoms with Gasteiger partial charge in [0, 0.05) is 12.6 Å². The molecule has 2 aromatic rings. The Morgan fingerprint density at radius 1 is 1.14 bits per heavy atom. The highest BCUT2D eigenvalue weighted by molar-refractivity contribution is 5.92. The van der Waals surface area contributed by atoms with Crippen LogP contribution >= 0.6 is 0 Å². The van der Waals surface area contributed by atoms with Crippen molar-refractivity contribution in [2.45, 2.75) is 20.4 Å². The molecule has 5 nitrogen and oxygen atoms in total. The molecule has 0 heterocycles. The number of carbonyl (C=O) groups is 1. The van der Waals surface area contributed by atoms with Crippen molar-refractivity contribution in [3.63, 3.8) is 0 Å². The fourth-order valence-electron chi connectivity index (χ4n) is 2.03. The average molecular weight is 299 g/mol. The van der Waals surface area contributed by atoms with Crippen molar-refractivity contribution < 1.29 is 9.53 Å². The predicted molar refractivity (Wildman–Crippen MR) is 89.2 cm³/mol. The molecule has 0 aliphatic heterocycles. The molecular formula is C17H21N3O2. The minimum Gasteiger partial charge on any atom is -0.497 e. The summed E-state index contributed by atoms with van der Waals surface area (Å²) >= 11 is 0. The summed E-state index contributed by atoms with van der Waals surface area (Å²) < 4.78 is 5.12. The first-order chi connectivity index (χ1) is 10.5. The van der Waals surface area contributed by atoms with Gasteiger partial charge >= 0.3 is 6.03 Å². The van der Waals surface area contributed by atoms with E-state index in [0.717, 1.165) is 5.56 Å². The van der Waals surface area contributed by atoms with Crippen LogP contribution in [0.4, 0.5) is 16.2 Å². The fraction of sp³-hybridized carbons (Fsp3) is 0.235. The number of rotatable bonds is 4. The number of nitrogens with one attached hydrogen (secondary N) is 2. The third kappa shape index (κ3) is 3.91. The number of anilines is 2. The summed E-state index contributed by atoms with van der Waals surface area (Å²) in [5.74, 6) is 0.638. The molecule has 4 N–H and O–H groups in total. The van der Waals surface area contributed by atoms with Gasteiger partial charge in [-0.3, -0.25) is 0 Å². The van der Waals surface area contributed by atoms with E-state index in [-0.39, 0.29) is 6.03 Å². The van der Waals surface area contributed by atoms with Gasteiger partial charge in [-0.1, -0.05) is 18.2 Å². The summed E-state index contributed by atoms with van der Waals surface area (Å²) in [6.45, 7) is 4.57. The Labute approximate surface area is 130 Å². The van der Waals surface area contributed by atoms with E-state index in [1.54, 1.807) is 25.3 Å². The van der Waals surface area contributed by atoms with Crippen LogP contribution in [-0.2, 0) is 6.54 Å². The van der Waals surface area contributed by atoms with E-state index >= 15 is 0 Å². The van der Waals surface area contributed by atoms with Gasteiger partial charge in [0.15, 0.2) is 0 Å². The van der Waals surface area contributed by atoms with Gasteiger partial charge in [0.1, 0.15) is 5.75 Å². The normalized spacial score (nSPS) is 10.1. The first kappa shape index (κ1) is 15.7. The van der Waals surface area contributed by atoms with Crippen molar-refractivity contribution in [3.05, 3.63) is 53.1 Å². The molecule has 0 saturated heterocycles. The van der Waals surface area contributed by atoms with Crippen LogP contribution in [0.1, 0.15) is 16.7 Å². The third-order valence-electron chi connectivity index (χ3n) is 3.53. The molecule has 0 unspecified atom stereocenters. The van der Waals surface area contributed by atoms with Crippen molar-refractivity contribution in [1.82, 2.24) is 5.32 Å². The Kier molecular flexibility index (Phi) is 4.88. The topological polar surface area (TPSA) is 76.4 Å². The minimum absolute atomic E-state index is 0.307. The molecule has 2 rings (SSSR count). The first-order valence-corrected chi connectivity index (χ1v) is 7.04. The summed E-state index contributed by atoms with van der Waals surface area (Å²) in [6, 6.07) is 10.9. The third-order valence-corrected chi connectivity index (χ3v) is 3.53. The second kappa shape index (κ2) is 6.85. The SMILES string of the molecule is COc1ccc(N)c(NC(=O)NCc2ccc(C)c(C)c2)c1. The van der Waals surface area contributed by atoms with Crippen LogP contribution < -0.4 is 21.1 Å². The molecule has 0 aliphatic carbocycles. The molecular weight excluding hydrogens is 278 g/mol. The van der Waals surface area contributed by atoms with E-state index in [1.165, 1.54) is 11.1 Å². The number of nitrogens with two attached hydrogens (primary N) is 1. The van der Waals surface area contributed by atoms with Crippen LogP contribution in [0.15, 0.2) is 36.4 Å². The largest absolute Gasteiger partial charge is 0.497 e. The molecule has 5 heteroatoms. The summed E-state index contributed by atoms with van der Waals surface area (Å²) in [7, 11) is 1.56. The van der Waals surface area contributed by atoms with Gasteiger partial charge in [-0.15, -0.1) is 0 Å². The zero-order valence-corrected chi connectivity index (χ0v) is 13.1. The van der Waals surface area contributed by atoms with Gasteiger partial charge in [0.05, 0.1) is 18.5 Å². The number of urea groups is 1. The van der Waals surface area contributed by atoms with Gasteiger partial charge in [0.25, 0.3) is 0 Å². The molecule has 116 valence electrons. The molecule has 0 fully saturated rings. The van der Waals surface area contributed by atoms with Crippen molar-refractivity contribution in [3.8, 4) is 5.75 Å².